The highest BCUT2D eigenvalue weighted by Crippen LogP contribution is 1.98. The van der Waals surface area contributed by atoms with Crippen molar-refractivity contribution in [2.24, 2.45) is 0 Å². The number of aromatic nitrogens is 2. The second-order valence-corrected chi connectivity index (χ2v) is 4.91. The Balaban J connectivity index is 1.69. The summed E-state index contributed by atoms with van der Waals surface area (Å²) in [5, 5.41) is 0. The molecule has 98 valence electrons. The second-order valence-electron chi connectivity index (χ2n) is 4.91. The number of hydrogen-bond acceptors (Lipinski definition) is 0. The molecule has 3 aromatic rings. The summed E-state index contributed by atoms with van der Waals surface area (Å²) in [6.07, 6.45) is 8.48. The first-order chi connectivity index (χ1) is 9.90. The van der Waals surface area contributed by atoms with E-state index in [1.54, 1.807) is 0 Å². The Hall–Kier alpha value is -2.48. The maximum absolute atomic E-state index is 2.19. The summed E-state index contributed by atoms with van der Waals surface area (Å²) in [5.41, 5.74) is 2.64. The van der Waals surface area contributed by atoms with Crippen molar-refractivity contribution in [1.29, 1.82) is 0 Å². The van der Waals surface area contributed by atoms with Gasteiger partial charge in [0.05, 0.1) is 0 Å². The normalized spacial score (nSPS) is 10.4. The van der Waals surface area contributed by atoms with Gasteiger partial charge in [-0.15, -0.1) is 0 Å². The predicted molar refractivity (Wildman–Crippen MR) is 77.9 cm³/mol. The van der Waals surface area contributed by atoms with E-state index in [0.29, 0.717) is 0 Å². The lowest BCUT2D eigenvalue weighted by atomic mass is 10.2. The van der Waals surface area contributed by atoms with Crippen LogP contribution >= 0.6 is 0 Å². The van der Waals surface area contributed by atoms with Gasteiger partial charge in [-0.1, -0.05) is 60.7 Å². The Morgan fingerprint density at radius 1 is 0.500 bits per heavy atom. The van der Waals surface area contributed by atoms with E-state index in [1.165, 1.54) is 11.1 Å². The first kappa shape index (κ1) is 12.5. The highest BCUT2D eigenvalue weighted by molar-refractivity contribution is 5.13. The molecule has 1 heterocycles. The lowest BCUT2D eigenvalue weighted by Crippen LogP contribution is -2.42. The topological polar surface area (TPSA) is 7.76 Å². The summed E-state index contributed by atoms with van der Waals surface area (Å²) in [5.74, 6) is 0. The highest BCUT2D eigenvalue weighted by atomic mass is 15.0. The molecule has 2 nitrogen and oxygen atoms in total. The molecule has 0 N–H and O–H groups in total. The van der Waals surface area contributed by atoms with Gasteiger partial charge in [-0.05, 0) is 0 Å². The molecule has 20 heavy (non-hydrogen) atoms. The first-order valence-electron chi connectivity index (χ1n) is 6.86. The van der Waals surface area contributed by atoms with Gasteiger partial charge in [0.25, 0.3) is 0 Å². The molecule has 0 bridgehead atoms. The third-order valence-corrected chi connectivity index (χ3v) is 3.32. The quantitative estimate of drug-likeness (QED) is 0.638. The molecule has 2 heteroatoms. The fraction of sp³-hybridized carbons (Fsp3) is 0.111. The molecule has 0 spiro atoms. The molecule has 0 fully saturated rings. The van der Waals surface area contributed by atoms with E-state index in [2.05, 4.69) is 82.5 Å². The summed E-state index contributed by atoms with van der Waals surface area (Å²) in [7, 11) is 0. The number of nitrogens with zero attached hydrogens (tertiary/aromatic N) is 2. The van der Waals surface area contributed by atoms with Crippen LogP contribution in [0.15, 0.2) is 85.5 Å². The van der Waals surface area contributed by atoms with Gasteiger partial charge in [-0.25, -0.2) is 0 Å². The van der Waals surface area contributed by atoms with Crippen molar-refractivity contribution in [3.8, 4) is 0 Å². The first-order valence-corrected chi connectivity index (χ1v) is 6.86. The molecular formula is C18H18N2+2. The Labute approximate surface area is 119 Å². The van der Waals surface area contributed by atoms with Crippen LogP contribution in [0, 0.1) is 0 Å². The Kier molecular flexibility index (Phi) is 3.83. The van der Waals surface area contributed by atoms with Crippen LogP contribution in [0.5, 0.6) is 0 Å². The van der Waals surface area contributed by atoms with Gasteiger partial charge in [0, 0.05) is 11.1 Å². The van der Waals surface area contributed by atoms with Gasteiger partial charge in [0.2, 0.25) is 24.8 Å². The van der Waals surface area contributed by atoms with Crippen molar-refractivity contribution in [2.45, 2.75) is 13.1 Å². The van der Waals surface area contributed by atoms with Crippen LogP contribution in [0.2, 0.25) is 0 Å². The van der Waals surface area contributed by atoms with E-state index >= 15 is 0 Å². The molecule has 0 saturated carbocycles. The third-order valence-electron chi connectivity index (χ3n) is 3.32. The average molecular weight is 262 g/mol. The lowest BCUT2D eigenvalue weighted by molar-refractivity contribution is -0.743. The molecule has 0 aliphatic heterocycles. The lowest BCUT2D eigenvalue weighted by Gasteiger charge is -1.98. The number of benzene rings is 2. The fourth-order valence-corrected chi connectivity index (χ4v) is 2.24. The molecule has 0 amide bonds. The molecule has 0 unspecified atom stereocenters. The van der Waals surface area contributed by atoms with E-state index in [-0.39, 0.29) is 0 Å². The Bertz CT molecular complexity index is 586. The van der Waals surface area contributed by atoms with Crippen molar-refractivity contribution in [2.75, 3.05) is 0 Å². The average Bonchev–Trinajstić information content (AvgIpc) is 2.51. The summed E-state index contributed by atoms with van der Waals surface area (Å²) in [6.45, 7) is 1.82. The molecule has 0 radical (unpaired) electrons. The number of rotatable bonds is 4. The van der Waals surface area contributed by atoms with Crippen LogP contribution in [0.25, 0.3) is 0 Å². The zero-order valence-electron chi connectivity index (χ0n) is 11.4. The zero-order valence-corrected chi connectivity index (χ0v) is 11.4. The summed E-state index contributed by atoms with van der Waals surface area (Å²) in [6, 6.07) is 21.0. The standard InChI is InChI=1S/C18H18N2/c1-3-7-17(8-4-1)15-19-11-13-20(14-12-19)16-18-9-5-2-6-10-18/h1-14H,15-16H2/q+2. The molecule has 0 saturated heterocycles. The Morgan fingerprint density at radius 3 is 1.20 bits per heavy atom. The smallest absolute Gasteiger partial charge is 0.190 e. The Morgan fingerprint density at radius 2 is 0.850 bits per heavy atom. The van der Waals surface area contributed by atoms with Crippen LogP contribution in [0.1, 0.15) is 11.1 Å². The van der Waals surface area contributed by atoms with Gasteiger partial charge in [0.15, 0.2) is 13.1 Å². The van der Waals surface area contributed by atoms with Crippen LogP contribution < -0.4 is 9.13 Å². The second kappa shape index (κ2) is 6.11. The van der Waals surface area contributed by atoms with Crippen molar-refractivity contribution in [3.05, 3.63) is 96.6 Å². The maximum atomic E-state index is 2.19. The van der Waals surface area contributed by atoms with Crippen LogP contribution in [0.3, 0.4) is 0 Å². The van der Waals surface area contributed by atoms with Crippen LogP contribution in [-0.4, -0.2) is 0 Å². The minimum absolute atomic E-state index is 0.910. The summed E-state index contributed by atoms with van der Waals surface area (Å²) < 4.78 is 4.38. The van der Waals surface area contributed by atoms with Crippen molar-refractivity contribution < 1.29 is 9.13 Å². The van der Waals surface area contributed by atoms with E-state index in [4.69, 9.17) is 0 Å². The molecule has 3 rings (SSSR count). The van der Waals surface area contributed by atoms with Crippen molar-refractivity contribution >= 4 is 0 Å². The van der Waals surface area contributed by atoms with Gasteiger partial charge >= 0.3 is 0 Å². The minimum Gasteiger partial charge on any atom is -0.190 e. The van der Waals surface area contributed by atoms with E-state index in [1.807, 2.05) is 12.1 Å². The fourth-order valence-electron chi connectivity index (χ4n) is 2.24. The van der Waals surface area contributed by atoms with E-state index in [9.17, 15) is 0 Å². The van der Waals surface area contributed by atoms with E-state index in [0.717, 1.165) is 13.1 Å². The van der Waals surface area contributed by atoms with Crippen LogP contribution in [0.4, 0.5) is 0 Å². The summed E-state index contributed by atoms with van der Waals surface area (Å²) in [4.78, 5) is 0. The van der Waals surface area contributed by atoms with Gasteiger partial charge in [-0.2, -0.15) is 9.13 Å². The molecular weight excluding hydrogens is 244 g/mol. The number of hydrogen-bond donors (Lipinski definition) is 0. The molecule has 0 aliphatic rings. The van der Waals surface area contributed by atoms with E-state index < -0.39 is 0 Å². The third kappa shape index (κ3) is 3.29. The molecule has 0 atom stereocenters. The largest absolute Gasteiger partial charge is 0.233 e. The predicted octanol–water partition coefficient (Wildman–Crippen LogP) is 2.36. The van der Waals surface area contributed by atoms with Crippen LogP contribution in [-0.2, 0) is 13.1 Å². The van der Waals surface area contributed by atoms with Crippen molar-refractivity contribution in [1.82, 2.24) is 0 Å². The molecule has 1 aromatic heterocycles. The summed E-state index contributed by atoms with van der Waals surface area (Å²) >= 11 is 0. The van der Waals surface area contributed by atoms with Gasteiger partial charge in [0.1, 0.15) is 0 Å². The SMILES string of the molecule is c1ccc(C[n+]2cc[n+](Cc3ccccc3)cc2)cc1. The highest BCUT2D eigenvalue weighted by Gasteiger charge is 2.07. The molecule has 2 aromatic carbocycles. The maximum Gasteiger partial charge on any atom is 0.233 e. The van der Waals surface area contributed by atoms with Gasteiger partial charge in [-0.3, -0.25) is 0 Å². The van der Waals surface area contributed by atoms with Gasteiger partial charge < -0.3 is 0 Å². The monoisotopic (exact) mass is 262 g/mol. The minimum atomic E-state index is 0.910. The molecule has 0 aliphatic carbocycles. The van der Waals surface area contributed by atoms with Crippen molar-refractivity contribution in [3.63, 3.8) is 0 Å². The zero-order chi connectivity index (χ0) is 13.6.